The molecule has 1 atom stereocenters. The van der Waals surface area contributed by atoms with Gasteiger partial charge in [0.2, 0.25) is 0 Å². The molecule has 2 aliphatic rings. The van der Waals surface area contributed by atoms with E-state index in [1.807, 2.05) is 11.8 Å². The predicted octanol–water partition coefficient (Wildman–Crippen LogP) is 0.870. The van der Waals surface area contributed by atoms with Gasteiger partial charge in [0.05, 0.1) is 12.2 Å². The van der Waals surface area contributed by atoms with Crippen molar-refractivity contribution in [3.8, 4) is 0 Å². The van der Waals surface area contributed by atoms with E-state index in [1.54, 1.807) is 0 Å². The molecule has 2 saturated heterocycles. The van der Waals surface area contributed by atoms with Crippen molar-refractivity contribution < 1.29 is 4.74 Å². The molecule has 0 saturated carbocycles. The second-order valence-electron chi connectivity index (χ2n) is 3.26. The first-order chi connectivity index (χ1) is 5.45. The van der Waals surface area contributed by atoms with E-state index < -0.39 is 0 Å². The minimum Gasteiger partial charge on any atom is -0.371 e. The Morgan fingerprint density at radius 2 is 2.18 bits per heavy atom. The van der Waals surface area contributed by atoms with Crippen LogP contribution in [0.1, 0.15) is 12.8 Å². The van der Waals surface area contributed by atoms with Crippen LogP contribution in [0.3, 0.4) is 0 Å². The van der Waals surface area contributed by atoms with Crippen LogP contribution in [0.5, 0.6) is 0 Å². The summed E-state index contributed by atoms with van der Waals surface area (Å²) in [6, 6.07) is 0. The lowest BCUT2D eigenvalue weighted by atomic mass is 10.2. The molecule has 0 aliphatic carbocycles. The highest BCUT2D eigenvalue weighted by Gasteiger charge is 2.23. The minimum atomic E-state index is 0.527. The lowest BCUT2D eigenvalue weighted by Gasteiger charge is -2.32. The average molecular weight is 173 g/mol. The molecule has 0 spiro atoms. The van der Waals surface area contributed by atoms with Crippen molar-refractivity contribution in [3.05, 3.63) is 0 Å². The molecule has 2 aliphatic heterocycles. The maximum Gasteiger partial charge on any atom is 0.0827 e. The van der Waals surface area contributed by atoms with Crippen molar-refractivity contribution in [1.82, 2.24) is 5.32 Å². The SMILES string of the molecule is C1CSCC(OC2CNC2)C1. The first kappa shape index (κ1) is 7.90. The Morgan fingerprint density at radius 3 is 2.73 bits per heavy atom. The van der Waals surface area contributed by atoms with E-state index >= 15 is 0 Å². The number of hydrogen-bond acceptors (Lipinski definition) is 3. The van der Waals surface area contributed by atoms with Crippen LogP contribution in [0.4, 0.5) is 0 Å². The van der Waals surface area contributed by atoms with Crippen LogP contribution in [0.15, 0.2) is 0 Å². The van der Waals surface area contributed by atoms with Gasteiger partial charge in [0, 0.05) is 18.8 Å². The standard InChI is InChI=1S/C8H15NOS/c1-2-7(6-11-3-1)10-8-4-9-5-8/h7-9H,1-6H2. The lowest BCUT2D eigenvalue weighted by Crippen LogP contribution is -2.50. The van der Waals surface area contributed by atoms with Gasteiger partial charge >= 0.3 is 0 Å². The Hall–Kier alpha value is 0.270. The summed E-state index contributed by atoms with van der Waals surface area (Å²) < 4.78 is 5.84. The van der Waals surface area contributed by atoms with Crippen LogP contribution in [0.2, 0.25) is 0 Å². The molecule has 2 rings (SSSR count). The van der Waals surface area contributed by atoms with Gasteiger partial charge in [0.1, 0.15) is 0 Å². The van der Waals surface area contributed by atoms with Crippen molar-refractivity contribution in [1.29, 1.82) is 0 Å². The van der Waals surface area contributed by atoms with E-state index in [-0.39, 0.29) is 0 Å². The van der Waals surface area contributed by atoms with Crippen LogP contribution in [0.25, 0.3) is 0 Å². The van der Waals surface area contributed by atoms with Crippen LogP contribution in [0, 0.1) is 0 Å². The molecule has 11 heavy (non-hydrogen) atoms. The first-order valence-electron chi connectivity index (χ1n) is 4.39. The van der Waals surface area contributed by atoms with Crippen molar-refractivity contribution in [3.63, 3.8) is 0 Å². The monoisotopic (exact) mass is 173 g/mol. The molecular formula is C8H15NOS. The molecular weight excluding hydrogens is 158 g/mol. The summed E-state index contributed by atoms with van der Waals surface area (Å²) >= 11 is 2.03. The normalized spacial score (nSPS) is 33.3. The maximum absolute atomic E-state index is 5.84. The van der Waals surface area contributed by atoms with Crippen molar-refractivity contribution >= 4 is 11.8 Å². The summed E-state index contributed by atoms with van der Waals surface area (Å²) in [6.07, 6.45) is 3.71. The van der Waals surface area contributed by atoms with Gasteiger partial charge in [-0.3, -0.25) is 0 Å². The fourth-order valence-electron chi connectivity index (χ4n) is 1.45. The van der Waals surface area contributed by atoms with Crippen molar-refractivity contribution in [2.75, 3.05) is 24.6 Å². The minimum absolute atomic E-state index is 0.527. The molecule has 3 heteroatoms. The van der Waals surface area contributed by atoms with Gasteiger partial charge in [-0.15, -0.1) is 0 Å². The molecule has 0 aromatic heterocycles. The summed E-state index contributed by atoms with van der Waals surface area (Å²) in [5.74, 6) is 2.55. The third-order valence-corrected chi connectivity index (χ3v) is 3.43. The van der Waals surface area contributed by atoms with Crippen LogP contribution < -0.4 is 5.32 Å². The predicted molar refractivity (Wildman–Crippen MR) is 48.1 cm³/mol. The Balaban J connectivity index is 1.67. The number of rotatable bonds is 2. The number of nitrogens with one attached hydrogen (secondary N) is 1. The molecule has 0 bridgehead atoms. The Bertz CT molecular complexity index is 121. The molecule has 2 fully saturated rings. The Labute approximate surface area is 72.1 Å². The second-order valence-corrected chi connectivity index (χ2v) is 4.41. The summed E-state index contributed by atoms with van der Waals surface area (Å²) in [5, 5.41) is 3.22. The molecule has 0 aromatic rings. The summed E-state index contributed by atoms with van der Waals surface area (Å²) in [5.41, 5.74) is 0. The van der Waals surface area contributed by atoms with Gasteiger partial charge in [-0.05, 0) is 18.6 Å². The van der Waals surface area contributed by atoms with E-state index in [2.05, 4.69) is 5.32 Å². The third kappa shape index (κ3) is 2.10. The van der Waals surface area contributed by atoms with Gasteiger partial charge in [-0.2, -0.15) is 11.8 Å². The maximum atomic E-state index is 5.84. The van der Waals surface area contributed by atoms with Crippen LogP contribution in [-0.2, 0) is 4.74 Å². The average Bonchev–Trinajstić information content (AvgIpc) is 1.99. The van der Waals surface area contributed by atoms with Gasteiger partial charge < -0.3 is 10.1 Å². The molecule has 64 valence electrons. The van der Waals surface area contributed by atoms with E-state index in [0.29, 0.717) is 12.2 Å². The van der Waals surface area contributed by atoms with Gasteiger partial charge in [-0.1, -0.05) is 0 Å². The van der Waals surface area contributed by atoms with Gasteiger partial charge in [-0.25, -0.2) is 0 Å². The topological polar surface area (TPSA) is 21.3 Å². The Kier molecular flexibility index (Phi) is 2.72. The zero-order chi connectivity index (χ0) is 7.52. The fraction of sp³-hybridized carbons (Fsp3) is 1.00. The molecule has 0 aromatic carbocycles. The van der Waals surface area contributed by atoms with Crippen molar-refractivity contribution in [2.45, 2.75) is 25.0 Å². The smallest absolute Gasteiger partial charge is 0.0827 e. The number of hydrogen-bond donors (Lipinski definition) is 1. The highest BCUT2D eigenvalue weighted by atomic mass is 32.2. The van der Waals surface area contributed by atoms with E-state index in [1.165, 1.54) is 24.3 Å². The molecule has 2 heterocycles. The van der Waals surface area contributed by atoms with Gasteiger partial charge in [0.25, 0.3) is 0 Å². The lowest BCUT2D eigenvalue weighted by molar-refractivity contribution is -0.0309. The molecule has 1 unspecified atom stereocenters. The van der Waals surface area contributed by atoms with E-state index in [9.17, 15) is 0 Å². The summed E-state index contributed by atoms with van der Waals surface area (Å²) in [7, 11) is 0. The Morgan fingerprint density at radius 1 is 1.27 bits per heavy atom. The zero-order valence-electron chi connectivity index (χ0n) is 6.71. The number of ether oxygens (including phenoxy) is 1. The zero-order valence-corrected chi connectivity index (χ0v) is 7.53. The second kappa shape index (κ2) is 3.78. The van der Waals surface area contributed by atoms with E-state index in [4.69, 9.17) is 4.74 Å². The van der Waals surface area contributed by atoms with Crippen molar-refractivity contribution in [2.24, 2.45) is 0 Å². The highest BCUT2D eigenvalue weighted by molar-refractivity contribution is 7.99. The molecule has 0 amide bonds. The summed E-state index contributed by atoms with van der Waals surface area (Å²) in [6.45, 7) is 2.14. The quantitative estimate of drug-likeness (QED) is 0.669. The molecule has 0 radical (unpaired) electrons. The van der Waals surface area contributed by atoms with E-state index in [0.717, 1.165) is 13.1 Å². The third-order valence-electron chi connectivity index (χ3n) is 2.25. The summed E-state index contributed by atoms with van der Waals surface area (Å²) in [4.78, 5) is 0. The first-order valence-corrected chi connectivity index (χ1v) is 5.54. The largest absolute Gasteiger partial charge is 0.371 e. The molecule has 2 nitrogen and oxygen atoms in total. The van der Waals surface area contributed by atoms with Crippen LogP contribution in [-0.4, -0.2) is 36.8 Å². The molecule has 1 N–H and O–H groups in total. The fourth-order valence-corrected chi connectivity index (χ4v) is 2.49. The van der Waals surface area contributed by atoms with Gasteiger partial charge in [0.15, 0.2) is 0 Å². The highest BCUT2D eigenvalue weighted by Crippen LogP contribution is 2.21. The number of thioether (sulfide) groups is 1. The van der Waals surface area contributed by atoms with Crippen LogP contribution >= 0.6 is 11.8 Å².